The minimum Gasteiger partial charge on any atom is -0.414 e. The molecular formula is C18H30ClNOSi. The average Bonchev–Trinajstić information content (AvgIpc) is 3.22. The Bertz CT molecular complexity index is 506. The molecule has 0 unspecified atom stereocenters. The van der Waals surface area contributed by atoms with Crippen LogP contribution in [0.15, 0.2) is 18.2 Å². The predicted octanol–water partition coefficient (Wildman–Crippen LogP) is 4.39. The van der Waals surface area contributed by atoms with Crippen molar-refractivity contribution in [3.8, 4) is 0 Å². The molecule has 0 amide bonds. The van der Waals surface area contributed by atoms with Gasteiger partial charge >= 0.3 is 0 Å². The minimum absolute atomic E-state index is 0.285. The van der Waals surface area contributed by atoms with E-state index in [4.69, 9.17) is 16.0 Å². The third-order valence-corrected chi connectivity index (χ3v) is 6.07. The van der Waals surface area contributed by atoms with Crippen LogP contribution >= 0.6 is 11.6 Å². The van der Waals surface area contributed by atoms with Crippen LogP contribution in [0.2, 0.25) is 10.1 Å². The van der Waals surface area contributed by atoms with Gasteiger partial charge in [0.25, 0.3) is 0 Å². The van der Waals surface area contributed by atoms with Gasteiger partial charge in [0.15, 0.2) is 9.76 Å². The molecular weight excluding hydrogens is 310 g/mol. The van der Waals surface area contributed by atoms with Crippen molar-refractivity contribution in [2.45, 2.75) is 64.6 Å². The lowest BCUT2D eigenvalue weighted by molar-refractivity contribution is 0.109. The Kier molecular flexibility index (Phi) is 5.76. The molecule has 0 atom stereocenters. The van der Waals surface area contributed by atoms with Crippen molar-refractivity contribution in [1.29, 1.82) is 0 Å². The fourth-order valence-corrected chi connectivity index (χ4v) is 3.66. The fraction of sp³-hybridized carbons (Fsp3) is 0.667. The van der Waals surface area contributed by atoms with Crippen molar-refractivity contribution in [3.63, 3.8) is 0 Å². The summed E-state index contributed by atoms with van der Waals surface area (Å²) < 4.78 is 6.30. The van der Waals surface area contributed by atoms with Crippen molar-refractivity contribution in [3.05, 3.63) is 34.3 Å². The van der Waals surface area contributed by atoms with E-state index in [0.29, 0.717) is 0 Å². The highest BCUT2D eigenvalue weighted by molar-refractivity contribution is 6.32. The van der Waals surface area contributed by atoms with Gasteiger partial charge in [-0.05, 0) is 55.8 Å². The molecule has 2 nitrogen and oxygen atoms in total. The molecule has 0 aromatic heterocycles. The van der Waals surface area contributed by atoms with Gasteiger partial charge in [-0.15, -0.1) is 0 Å². The lowest BCUT2D eigenvalue weighted by Crippen LogP contribution is -2.28. The first-order valence-electron chi connectivity index (χ1n) is 8.31. The van der Waals surface area contributed by atoms with Gasteiger partial charge < -0.3 is 9.74 Å². The molecule has 1 aliphatic rings. The molecule has 1 saturated carbocycles. The number of benzene rings is 1. The molecule has 0 aliphatic heterocycles. The van der Waals surface area contributed by atoms with Crippen molar-refractivity contribution in [2.24, 2.45) is 5.92 Å². The second-order valence-corrected chi connectivity index (χ2v) is 11.4. The quantitative estimate of drug-likeness (QED) is 0.744. The SMILES string of the molecule is CC(C)(C)[SiH2]OC(C)(C)c1cc(CNCC2CC2)ccc1Cl. The zero-order valence-corrected chi connectivity index (χ0v) is 16.8. The predicted molar refractivity (Wildman–Crippen MR) is 98.3 cm³/mol. The molecule has 1 aliphatic carbocycles. The number of hydrogen-bond acceptors (Lipinski definition) is 2. The van der Waals surface area contributed by atoms with Crippen LogP contribution in [0.5, 0.6) is 0 Å². The van der Waals surface area contributed by atoms with Crippen molar-refractivity contribution >= 4 is 21.4 Å². The van der Waals surface area contributed by atoms with E-state index < -0.39 is 9.76 Å². The molecule has 2 rings (SSSR count). The Labute approximate surface area is 142 Å². The maximum absolute atomic E-state index is 6.44. The fourth-order valence-electron chi connectivity index (χ4n) is 2.36. The third-order valence-electron chi connectivity index (χ3n) is 4.00. The Morgan fingerprint density at radius 3 is 2.50 bits per heavy atom. The van der Waals surface area contributed by atoms with Gasteiger partial charge in [0.1, 0.15) is 0 Å². The number of nitrogens with one attached hydrogen (secondary N) is 1. The van der Waals surface area contributed by atoms with E-state index in [1.165, 1.54) is 18.4 Å². The average molecular weight is 340 g/mol. The molecule has 22 heavy (non-hydrogen) atoms. The summed E-state index contributed by atoms with van der Waals surface area (Å²) >= 11 is 6.44. The maximum atomic E-state index is 6.44. The second-order valence-electron chi connectivity index (χ2n) is 8.25. The highest BCUT2D eigenvalue weighted by Gasteiger charge is 2.27. The van der Waals surface area contributed by atoms with Gasteiger partial charge in [-0.1, -0.05) is 44.5 Å². The van der Waals surface area contributed by atoms with Crippen molar-refractivity contribution < 1.29 is 4.43 Å². The van der Waals surface area contributed by atoms with Gasteiger partial charge in [-0.3, -0.25) is 0 Å². The van der Waals surface area contributed by atoms with Crippen LogP contribution in [-0.2, 0) is 16.6 Å². The zero-order valence-electron chi connectivity index (χ0n) is 14.6. The minimum atomic E-state index is -0.619. The molecule has 124 valence electrons. The van der Waals surface area contributed by atoms with E-state index in [2.05, 4.69) is 52.1 Å². The Morgan fingerprint density at radius 1 is 1.23 bits per heavy atom. The molecule has 4 heteroatoms. The van der Waals surface area contributed by atoms with E-state index in [9.17, 15) is 0 Å². The molecule has 0 heterocycles. The second kappa shape index (κ2) is 7.04. The van der Waals surface area contributed by atoms with Crippen LogP contribution < -0.4 is 5.32 Å². The lowest BCUT2D eigenvalue weighted by atomic mass is 9.96. The Hall–Kier alpha value is -0.353. The summed E-state index contributed by atoms with van der Waals surface area (Å²) in [5, 5.41) is 4.63. The van der Waals surface area contributed by atoms with E-state index in [-0.39, 0.29) is 10.6 Å². The van der Waals surface area contributed by atoms with E-state index in [0.717, 1.165) is 29.6 Å². The lowest BCUT2D eigenvalue weighted by Gasteiger charge is -2.31. The molecule has 0 spiro atoms. The molecule has 0 bridgehead atoms. The van der Waals surface area contributed by atoms with Crippen LogP contribution in [0.3, 0.4) is 0 Å². The normalized spacial score (nSPS) is 16.6. The summed E-state index contributed by atoms with van der Waals surface area (Å²) in [6.45, 7) is 13.0. The largest absolute Gasteiger partial charge is 0.414 e. The molecule has 0 radical (unpaired) electrons. The van der Waals surface area contributed by atoms with Gasteiger partial charge in [-0.2, -0.15) is 0 Å². The molecule has 1 aromatic rings. The molecule has 1 aromatic carbocycles. The topological polar surface area (TPSA) is 21.3 Å². The molecule has 1 N–H and O–H groups in total. The Balaban J connectivity index is 2.03. The summed E-state index contributed by atoms with van der Waals surface area (Å²) in [7, 11) is -0.619. The van der Waals surface area contributed by atoms with E-state index in [1.807, 2.05) is 6.07 Å². The molecule has 1 fully saturated rings. The third kappa shape index (κ3) is 5.69. The Morgan fingerprint density at radius 2 is 1.91 bits per heavy atom. The summed E-state index contributed by atoms with van der Waals surface area (Å²) in [5.74, 6) is 0.907. The smallest absolute Gasteiger partial charge is 0.168 e. The monoisotopic (exact) mass is 339 g/mol. The summed E-state index contributed by atoms with van der Waals surface area (Å²) in [4.78, 5) is 0. The standard InChI is InChI=1S/C18H30ClNOSi/c1-17(2,3)22-21-18(4,5)15-10-14(8-9-16(15)19)12-20-11-13-6-7-13/h8-10,13,20H,6-7,11-12,22H2,1-5H3. The van der Waals surface area contributed by atoms with Crippen LogP contribution in [-0.4, -0.2) is 16.3 Å². The van der Waals surface area contributed by atoms with Gasteiger partial charge in [0.05, 0.1) is 5.60 Å². The van der Waals surface area contributed by atoms with E-state index >= 15 is 0 Å². The summed E-state index contributed by atoms with van der Waals surface area (Å²) in [6.07, 6.45) is 2.77. The van der Waals surface area contributed by atoms with Crippen LogP contribution in [0.1, 0.15) is 58.6 Å². The number of rotatable bonds is 7. The first-order chi connectivity index (χ1) is 10.2. The highest BCUT2D eigenvalue weighted by Crippen LogP contribution is 2.34. The van der Waals surface area contributed by atoms with E-state index in [1.54, 1.807) is 0 Å². The van der Waals surface area contributed by atoms with Crippen LogP contribution in [0.4, 0.5) is 0 Å². The van der Waals surface area contributed by atoms with Gasteiger partial charge in [-0.25, -0.2) is 0 Å². The first kappa shape index (κ1) is 18.0. The van der Waals surface area contributed by atoms with Crippen molar-refractivity contribution in [1.82, 2.24) is 5.32 Å². The number of halogens is 1. The van der Waals surface area contributed by atoms with Crippen LogP contribution in [0, 0.1) is 5.92 Å². The van der Waals surface area contributed by atoms with Gasteiger partial charge in [0, 0.05) is 17.1 Å². The first-order valence-corrected chi connectivity index (χ1v) is 9.97. The summed E-state index contributed by atoms with van der Waals surface area (Å²) in [5.41, 5.74) is 2.08. The summed E-state index contributed by atoms with van der Waals surface area (Å²) in [6, 6.07) is 6.33. The van der Waals surface area contributed by atoms with Crippen LogP contribution in [0.25, 0.3) is 0 Å². The van der Waals surface area contributed by atoms with Crippen molar-refractivity contribution in [2.75, 3.05) is 6.54 Å². The van der Waals surface area contributed by atoms with Gasteiger partial charge in [0.2, 0.25) is 0 Å². The zero-order chi connectivity index (χ0) is 16.4. The maximum Gasteiger partial charge on any atom is 0.168 e. The number of hydrogen-bond donors (Lipinski definition) is 1. The highest BCUT2D eigenvalue weighted by atomic mass is 35.5. The molecule has 0 saturated heterocycles.